The summed E-state index contributed by atoms with van der Waals surface area (Å²) in [4.78, 5) is 26.1. The van der Waals surface area contributed by atoms with Crippen LogP contribution < -0.4 is 5.56 Å². The van der Waals surface area contributed by atoms with Crippen LogP contribution in [0.3, 0.4) is 0 Å². The van der Waals surface area contributed by atoms with Gasteiger partial charge in [0.25, 0.3) is 11.5 Å². The summed E-state index contributed by atoms with van der Waals surface area (Å²) in [5.41, 5.74) is 4.80. The highest BCUT2D eigenvalue weighted by Crippen LogP contribution is 2.39. The SMILES string of the molecule is Cc1ccnc(-n2cc(-c3c[nH]n4c(=O)c(C5CC5)c(C)nc34)cn2)n1. The van der Waals surface area contributed by atoms with Crippen LogP contribution in [0.1, 0.15) is 35.7 Å². The van der Waals surface area contributed by atoms with Crippen LogP contribution in [0.2, 0.25) is 0 Å². The van der Waals surface area contributed by atoms with E-state index < -0.39 is 0 Å². The van der Waals surface area contributed by atoms with E-state index in [0.717, 1.165) is 40.9 Å². The van der Waals surface area contributed by atoms with Crippen molar-refractivity contribution >= 4 is 5.65 Å². The Kier molecular flexibility index (Phi) is 3.09. The van der Waals surface area contributed by atoms with E-state index in [1.165, 1.54) is 4.52 Å². The van der Waals surface area contributed by atoms with Crippen molar-refractivity contribution < 1.29 is 0 Å². The Morgan fingerprint density at radius 3 is 2.85 bits per heavy atom. The molecule has 0 unspecified atom stereocenters. The van der Waals surface area contributed by atoms with Gasteiger partial charge in [-0.2, -0.15) is 5.10 Å². The average Bonchev–Trinajstić information content (AvgIpc) is 3.17. The van der Waals surface area contributed by atoms with Crippen molar-refractivity contribution in [1.29, 1.82) is 0 Å². The van der Waals surface area contributed by atoms with Crippen LogP contribution >= 0.6 is 0 Å². The number of aryl methyl sites for hydroxylation is 2. The summed E-state index contributed by atoms with van der Waals surface area (Å²) in [5.74, 6) is 0.869. The fourth-order valence-electron chi connectivity index (χ4n) is 3.31. The molecule has 8 heteroatoms. The molecule has 0 aromatic carbocycles. The number of aromatic amines is 1. The first-order chi connectivity index (χ1) is 12.6. The maximum absolute atomic E-state index is 12.8. The molecular formula is C18H17N7O. The first-order valence-electron chi connectivity index (χ1n) is 8.57. The van der Waals surface area contributed by atoms with Crippen molar-refractivity contribution in [2.24, 2.45) is 0 Å². The highest BCUT2D eigenvalue weighted by molar-refractivity contribution is 5.76. The second-order valence-electron chi connectivity index (χ2n) is 6.71. The summed E-state index contributed by atoms with van der Waals surface area (Å²) in [6, 6.07) is 1.84. The second kappa shape index (κ2) is 5.35. The highest BCUT2D eigenvalue weighted by Gasteiger charge is 2.30. The standard InChI is InChI=1S/C18H17N7O/c1-10-5-6-19-18(22-10)24-9-13(7-20-24)14-8-21-25-16(14)23-11(2)15(17(25)26)12-3-4-12/h5-9,12,21H,3-4H2,1-2H3. The van der Waals surface area contributed by atoms with Gasteiger partial charge in [0.1, 0.15) is 0 Å². The summed E-state index contributed by atoms with van der Waals surface area (Å²) in [6.07, 6.45) is 9.20. The summed E-state index contributed by atoms with van der Waals surface area (Å²) in [5, 5.41) is 7.39. The lowest BCUT2D eigenvalue weighted by Gasteiger charge is -2.04. The predicted molar refractivity (Wildman–Crippen MR) is 95.4 cm³/mol. The molecule has 5 rings (SSSR count). The summed E-state index contributed by atoms with van der Waals surface area (Å²) >= 11 is 0. The monoisotopic (exact) mass is 347 g/mol. The van der Waals surface area contributed by atoms with Crippen molar-refractivity contribution in [3.63, 3.8) is 0 Å². The third-order valence-corrected chi connectivity index (χ3v) is 4.75. The zero-order chi connectivity index (χ0) is 17.8. The molecule has 4 heterocycles. The normalized spacial score (nSPS) is 14.2. The molecule has 1 aliphatic rings. The van der Waals surface area contributed by atoms with Gasteiger partial charge in [-0.15, -0.1) is 0 Å². The van der Waals surface area contributed by atoms with Crippen LogP contribution in [0.5, 0.6) is 0 Å². The smallest absolute Gasteiger partial charge is 0.276 e. The lowest BCUT2D eigenvalue weighted by atomic mass is 10.1. The van der Waals surface area contributed by atoms with Gasteiger partial charge in [0.05, 0.1) is 6.20 Å². The van der Waals surface area contributed by atoms with Gasteiger partial charge in [0.15, 0.2) is 5.65 Å². The Morgan fingerprint density at radius 1 is 1.23 bits per heavy atom. The minimum absolute atomic E-state index is 0.00402. The molecule has 0 atom stereocenters. The minimum Gasteiger partial charge on any atom is -0.296 e. The van der Waals surface area contributed by atoms with Crippen molar-refractivity contribution in [3.05, 3.63) is 58.2 Å². The molecule has 0 saturated heterocycles. The molecule has 0 aliphatic heterocycles. The summed E-state index contributed by atoms with van der Waals surface area (Å²) < 4.78 is 3.14. The van der Waals surface area contributed by atoms with Crippen LogP contribution in [0.25, 0.3) is 22.7 Å². The molecule has 26 heavy (non-hydrogen) atoms. The third-order valence-electron chi connectivity index (χ3n) is 4.75. The fraction of sp³-hybridized carbons (Fsp3) is 0.278. The van der Waals surface area contributed by atoms with Crippen molar-refractivity contribution in [2.45, 2.75) is 32.6 Å². The van der Waals surface area contributed by atoms with E-state index in [9.17, 15) is 4.79 Å². The molecule has 1 N–H and O–H groups in total. The predicted octanol–water partition coefficient (Wildman–Crippen LogP) is 2.16. The maximum atomic E-state index is 12.8. The Balaban J connectivity index is 1.63. The van der Waals surface area contributed by atoms with Gasteiger partial charge in [0.2, 0.25) is 0 Å². The van der Waals surface area contributed by atoms with Gasteiger partial charge >= 0.3 is 0 Å². The number of nitrogens with zero attached hydrogens (tertiary/aromatic N) is 6. The van der Waals surface area contributed by atoms with Gasteiger partial charge < -0.3 is 0 Å². The number of H-pyrrole nitrogens is 1. The van der Waals surface area contributed by atoms with Crippen molar-refractivity contribution in [1.82, 2.24) is 34.3 Å². The molecule has 0 radical (unpaired) electrons. The first kappa shape index (κ1) is 15.0. The summed E-state index contributed by atoms with van der Waals surface area (Å²) in [6.45, 7) is 3.82. The molecule has 0 bridgehead atoms. The second-order valence-corrected chi connectivity index (χ2v) is 6.71. The molecule has 1 fully saturated rings. The van der Waals surface area contributed by atoms with Gasteiger partial charge in [0, 0.05) is 46.7 Å². The Bertz CT molecular complexity index is 1200. The molecule has 130 valence electrons. The van der Waals surface area contributed by atoms with E-state index in [-0.39, 0.29) is 5.56 Å². The molecule has 0 spiro atoms. The number of aromatic nitrogens is 7. The Labute approximate surface area is 148 Å². The Hall–Kier alpha value is -3.29. The number of rotatable bonds is 3. The van der Waals surface area contributed by atoms with Gasteiger partial charge in [-0.05, 0) is 38.7 Å². The van der Waals surface area contributed by atoms with Crippen molar-refractivity contribution in [3.8, 4) is 17.1 Å². The molecule has 1 saturated carbocycles. The Morgan fingerprint density at radius 2 is 2.08 bits per heavy atom. The third kappa shape index (κ3) is 2.26. The maximum Gasteiger partial charge on any atom is 0.276 e. The van der Waals surface area contributed by atoms with Crippen LogP contribution in [0, 0.1) is 13.8 Å². The molecule has 4 aromatic rings. The van der Waals surface area contributed by atoms with Crippen LogP contribution in [0.4, 0.5) is 0 Å². The van der Waals surface area contributed by atoms with Crippen LogP contribution in [-0.4, -0.2) is 34.3 Å². The first-order valence-corrected chi connectivity index (χ1v) is 8.57. The zero-order valence-electron chi connectivity index (χ0n) is 14.5. The molecule has 1 aliphatic carbocycles. The average molecular weight is 347 g/mol. The fourth-order valence-corrected chi connectivity index (χ4v) is 3.31. The van der Waals surface area contributed by atoms with E-state index >= 15 is 0 Å². The van der Waals surface area contributed by atoms with E-state index in [2.05, 4.69) is 20.2 Å². The van der Waals surface area contributed by atoms with Gasteiger partial charge in [-0.1, -0.05) is 0 Å². The molecule has 8 nitrogen and oxygen atoms in total. The molecule has 0 amide bonds. The quantitative estimate of drug-likeness (QED) is 0.613. The van der Waals surface area contributed by atoms with Gasteiger partial charge in [-0.3, -0.25) is 9.89 Å². The van der Waals surface area contributed by atoms with Crippen molar-refractivity contribution in [2.75, 3.05) is 0 Å². The van der Waals surface area contributed by atoms with E-state index in [4.69, 9.17) is 4.98 Å². The summed E-state index contributed by atoms with van der Waals surface area (Å²) in [7, 11) is 0. The number of fused-ring (bicyclic) bond motifs is 1. The van der Waals surface area contributed by atoms with Crippen LogP contribution in [-0.2, 0) is 0 Å². The van der Waals surface area contributed by atoms with Crippen LogP contribution in [0.15, 0.2) is 35.6 Å². The zero-order valence-corrected chi connectivity index (χ0v) is 14.5. The van der Waals surface area contributed by atoms with E-state index in [1.807, 2.05) is 26.1 Å². The number of nitrogens with one attached hydrogen (secondary N) is 1. The lowest BCUT2D eigenvalue weighted by Crippen LogP contribution is -2.21. The van der Waals surface area contributed by atoms with Gasteiger partial charge in [-0.25, -0.2) is 24.1 Å². The largest absolute Gasteiger partial charge is 0.296 e. The van der Waals surface area contributed by atoms with E-state index in [0.29, 0.717) is 17.5 Å². The number of hydrogen-bond acceptors (Lipinski definition) is 5. The highest BCUT2D eigenvalue weighted by atomic mass is 16.1. The lowest BCUT2D eigenvalue weighted by molar-refractivity contribution is 0.801. The molecular weight excluding hydrogens is 330 g/mol. The molecule has 4 aromatic heterocycles. The topological polar surface area (TPSA) is 93.8 Å². The van der Waals surface area contributed by atoms with E-state index in [1.54, 1.807) is 23.3 Å². The number of hydrogen-bond donors (Lipinski definition) is 1. The minimum atomic E-state index is -0.00402.